The third-order valence-corrected chi connectivity index (χ3v) is 2.78. The number of nitrogen functional groups attached to an aromatic ring is 1. The van der Waals surface area contributed by atoms with E-state index in [0.717, 1.165) is 0 Å². The molecule has 0 bridgehead atoms. The van der Waals surface area contributed by atoms with E-state index in [1.165, 1.54) is 0 Å². The Kier molecular flexibility index (Phi) is 3.45. The van der Waals surface area contributed by atoms with Gasteiger partial charge in [0.25, 0.3) is 0 Å². The smallest absolute Gasteiger partial charge is 0.790 e. The predicted octanol–water partition coefficient (Wildman–Crippen LogP) is -9.12. The standard InChI is InChI=1S/C10H14N5O7P.2Li/c11-8-5-9(13-2-12-8)15(3-14-5)10-7(17)6(16)4(22-10)1-21-23(18,19)20;;/h2-4,6-7,10,16-17H,1H2,(H2,11,12,13)(H2,18,19,20);;/q;2*+1/p-2/t4-,6-,7?,10-;;/m1../s1/i1+1D2,2+1D,3+1D,4+1D,5+1,6+1D,7+1D,8+1,9+1,10+1D,11+1,12+1,13+1,14+1,15+1,16D,17D;;/hD2. The molecule has 3 rings (SSSR count). The monoisotopic (exact) mass is 386 g/mol. The summed E-state index contributed by atoms with van der Waals surface area (Å²) >= 11 is 0. The molecule has 1 aliphatic heterocycles. The van der Waals surface area contributed by atoms with E-state index in [9.17, 15) is 14.4 Å². The van der Waals surface area contributed by atoms with Crippen LogP contribution in [0.25, 0.3) is 11.2 Å². The molecule has 4 atom stereocenters. The fraction of sp³-hybridized carbons (Fsp3) is 0.500. The molecule has 0 amide bonds. The van der Waals surface area contributed by atoms with Crippen LogP contribution in [0.2, 0.25) is 2.82 Å². The number of ether oxygens (including phenoxy) is 1. The minimum Gasteiger partial charge on any atom is -0.790 e. The van der Waals surface area contributed by atoms with Crippen LogP contribution in [0.3, 0.4) is 0 Å². The number of fused-ring (bicyclic) bond motifs is 1. The SMILES string of the molecule is [2H]O[13C]1([2H])[13C@]([2H])([15n]2[13c]([2H])[15n][13c]3[13c]([15N]([2H])[2H])[15n][13c]([2H])[15n][13c]32)O[13C@]([2H])([13C]([2H])([2H])OP(=O)([O-])[O-])[13C@@]1([2H])O[2H].[Li+].[Li+]. The fourth-order valence-corrected chi connectivity index (χ4v) is 1.77. The van der Waals surface area contributed by atoms with Crippen molar-refractivity contribution in [2.75, 3.05) is 12.3 Å². The number of nitrogens with zero attached hydrogens (tertiary/aromatic N) is 4. The molecule has 4 N–H and O–H groups in total. The first-order valence-corrected chi connectivity index (χ1v) is 6.95. The fourth-order valence-electron chi connectivity index (χ4n) is 1.57. The minimum absolute atomic E-state index is 0. The molecule has 12 nitrogen and oxygen atoms in total. The average Bonchev–Trinajstić information content (AvgIpc) is 3.11. The van der Waals surface area contributed by atoms with Crippen molar-refractivity contribution in [2.24, 2.45) is 0 Å². The number of hydrogen-bond acceptors (Lipinski definition) is 11. The van der Waals surface area contributed by atoms with E-state index >= 15 is 0 Å². The normalized spacial score (nSPS) is 45.2. The maximum atomic E-state index is 11.1. The average molecular weight is 386 g/mol. The molecular weight excluding hydrogens is 362 g/mol. The number of imidazole rings is 1. The zero-order valence-corrected chi connectivity index (χ0v) is 13.4. The summed E-state index contributed by atoms with van der Waals surface area (Å²) in [7, 11) is -6.31. The first-order chi connectivity index (χ1) is 15.7. The van der Waals surface area contributed by atoms with Crippen LogP contribution in [0, 0.1) is 0 Å². The summed E-state index contributed by atoms with van der Waals surface area (Å²) in [5.41, 5.74) is -1.66. The van der Waals surface area contributed by atoms with Gasteiger partial charge in [-0.2, -0.15) is 0 Å². The Morgan fingerprint density at radius 1 is 1.52 bits per heavy atom. The van der Waals surface area contributed by atoms with Crippen LogP contribution < -0.4 is 53.2 Å². The number of hydrogen-bond donors (Lipinski definition) is 3. The summed E-state index contributed by atoms with van der Waals surface area (Å²) < 4.78 is 114. The maximum absolute atomic E-state index is 11.1. The van der Waals surface area contributed by atoms with Gasteiger partial charge in [-0.05, 0) is 0 Å². The largest absolute Gasteiger partial charge is 1.00 e. The van der Waals surface area contributed by atoms with Crippen LogP contribution in [-0.4, -0.2) is 57.4 Å². The van der Waals surface area contributed by atoms with Crippen LogP contribution in [0.5, 0.6) is 0 Å². The van der Waals surface area contributed by atoms with Crippen molar-refractivity contribution in [1.82, 2.24) is 19.5 Å². The van der Waals surface area contributed by atoms with Gasteiger partial charge < -0.3 is 39.5 Å². The molecule has 0 aliphatic carbocycles. The summed E-state index contributed by atoms with van der Waals surface area (Å²) in [5, 5.41) is 8.03. The second-order valence-electron chi connectivity index (χ2n) is 3.90. The molecule has 1 fully saturated rings. The number of aromatic nitrogens is 4. The number of nitrogens with two attached hydrogens (primary N) is 1. The Bertz CT molecular complexity index is 1230. The van der Waals surface area contributed by atoms with Gasteiger partial charge in [0.15, 0.2) is 20.5 Å². The van der Waals surface area contributed by atoms with Crippen molar-refractivity contribution in [2.45, 2.75) is 24.4 Å². The molecule has 15 heteroatoms. The third kappa shape index (κ3) is 4.63. The van der Waals surface area contributed by atoms with Gasteiger partial charge in [0.1, 0.15) is 32.8 Å². The number of anilines is 1. The number of aliphatic hydroxyl groups is 2. The molecule has 1 unspecified atom stereocenters. The molecule has 0 spiro atoms. The van der Waals surface area contributed by atoms with E-state index in [4.69, 9.17) is 21.4 Å². The minimum atomic E-state index is -6.31. The van der Waals surface area contributed by atoms with Gasteiger partial charge in [-0.15, -0.1) is 0 Å². The van der Waals surface area contributed by atoms with Gasteiger partial charge in [0, 0.05) is 0 Å². The second kappa shape index (κ2) is 8.48. The molecule has 0 aromatic carbocycles. The number of phosphoric ester groups is 1. The zero-order valence-electron chi connectivity index (χ0n) is 24.5. The van der Waals surface area contributed by atoms with E-state index in [1.54, 1.807) is 0 Å². The van der Waals surface area contributed by atoms with Gasteiger partial charge >= 0.3 is 37.7 Å². The van der Waals surface area contributed by atoms with Crippen molar-refractivity contribution in [3.05, 3.63) is 12.6 Å². The molecule has 1 aliphatic rings. The number of rotatable bonds is 7. The zero-order chi connectivity index (χ0) is 27.0. The Labute approximate surface area is 182 Å². The van der Waals surface area contributed by atoms with E-state index < -0.39 is 68.4 Å². The van der Waals surface area contributed by atoms with Crippen molar-refractivity contribution in [3.63, 3.8) is 0 Å². The first-order valence-electron chi connectivity index (χ1n) is 11.2. The van der Waals surface area contributed by atoms with Gasteiger partial charge in [0.05, 0.1) is 28.9 Å². The van der Waals surface area contributed by atoms with Crippen molar-refractivity contribution in [3.8, 4) is 0 Å². The van der Waals surface area contributed by atoms with Crippen molar-refractivity contribution < 1.29 is 85.3 Å². The van der Waals surface area contributed by atoms with Gasteiger partial charge in [-0.25, -0.2) is 15.0 Å². The third-order valence-electron chi connectivity index (χ3n) is 2.47. The quantitative estimate of drug-likeness (QED) is 0.177. The van der Waals surface area contributed by atoms with Crippen LogP contribution in [0.15, 0.2) is 12.6 Å². The van der Waals surface area contributed by atoms with Crippen molar-refractivity contribution >= 4 is 24.8 Å². The Morgan fingerprint density at radius 3 is 2.92 bits per heavy atom. The van der Waals surface area contributed by atoms with Gasteiger partial charge in [0.2, 0.25) is 2.86 Å². The van der Waals surface area contributed by atoms with E-state index in [2.05, 4.69) is 29.7 Å². The summed E-state index contributed by atoms with van der Waals surface area (Å²) in [6, 6.07) is 0. The molecule has 2 aromatic heterocycles. The molecule has 0 radical (unpaired) electrons. The Morgan fingerprint density at radius 2 is 2.28 bits per heavy atom. The summed E-state index contributed by atoms with van der Waals surface area (Å²) in [6.07, 6.45) is -18.0. The summed E-state index contributed by atoms with van der Waals surface area (Å²) in [4.78, 5) is 32.7. The summed E-state index contributed by atoms with van der Waals surface area (Å²) in [6.45, 7) is -4.28. The van der Waals surface area contributed by atoms with Crippen LogP contribution in [-0.2, 0) is 13.8 Å². The summed E-state index contributed by atoms with van der Waals surface area (Å²) in [5.74, 6) is -0.737. The molecule has 1 saturated heterocycles. The van der Waals surface area contributed by atoms with Crippen LogP contribution >= 0.6 is 7.82 Å². The van der Waals surface area contributed by atoms with Gasteiger partial charge in [-0.3, -0.25) is 4.57 Å². The molecule has 126 valence electrons. The van der Waals surface area contributed by atoms with E-state index in [1.807, 2.05) is 0 Å². The van der Waals surface area contributed by atoms with Gasteiger partial charge in [-0.1, -0.05) is 0 Å². The molecule has 3 heterocycles. The molecule has 2 aromatic rings. The Hall–Kier alpha value is -0.465. The number of phosphoric acid groups is 1. The predicted molar refractivity (Wildman–Crippen MR) is 69.2 cm³/mol. The van der Waals surface area contributed by atoms with E-state index in [-0.39, 0.29) is 48.0 Å². The second-order valence-corrected chi connectivity index (χ2v) is 4.98. The van der Waals surface area contributed by atoms with Crippen molar-refractivity contribution in [1.29, 1.82) is 2.86 Å². The molecule has 0 saturated carbocycles. The van der Waals surface area contributed by atoms with E-state index in [0.29, 0.717) is 0 Å². The molecular formula is C10H12Li2N5O7P. The first kappa shape index (κ1) is 10.2. The van der Waals surface area contributed by atoms with Crippen LogP contribution in [0.4, 0.5) is 5.82 Å². The van der Waals surface area contributed by atoms with Crippen LogP contribution in [0.1, 0.15) is 17.2 Å². The Balaban J connectivity index is 0.00000342. The maximum Gasteiger partial charge on any atom is 1.00 e. The topological polar surface area (TPSA) is 192 Å². The molecule has 25 heavy (non-hydrogen) atoms.